The zero-order chi connectivity index (χ0) is 17.9. The molecule has 0 radical (unpaired) electrons. The molecule has 0 spiro atoms. The zero-order valence-electron chi connectivity index (χ0n) is 13.0. The van der Waals surface area contributed by atoms with Crippen molar-refractivity contribution in [3.8, 4) is 5.75 Å². The van der Waals surface area contributed by atoms with Crippen molar-refractivity contribution in [2.24, 2.45) is 0 Å². The Kier molecular flexibility index (Phi) is 5.39. The largest absolute Gasteiger partial charge is 0.494 e. The van der Waals surface area contributed by atoms with Crippen LogP contribution in [0.5, 0.6) is 5.75 Å². The molecule has 0 aliphatic rings. The SMILES string of the molecule is CCOc1ccc(C(=O)Nc2ccc(Cl)cc2C(F)(F)F)cc1C. The summed E-state index contributed by atoms with van der Waals surface area (Å²) >= 11 is 5.62. The first-order valence-electron chi connectivity index (χ1n) is 7.14. The minimum absolute atomic E-state index is 0.0581. The second kappa shape index (κ2) is 7.13. The number of anilines is 1. The molecule has 0 aliphatic carbocycles. The number of alkyl halides is 3. The third-order valence-electron chi connectivity index (χ3n) is 3.27. The van der Waals surface area contributed by atoms with Gasteiger partial charge >= 0.3 is 6.18 Å². The van der Waals surface area contributed by atoms with Crippen molar-refractivity contribution >= 4 is 23.2 Å². The van der Waals surface area contributed by atoms with E-state index in [1.807, 2.05) is 6.92 Å². The van der Waals surface area contributed by atoms with E-state index in [1.165, 1.54) is 12.1 Å². The number of carbonyl (C=O) groups is 1. The molecule has 0 bridgehead atoms. The number of amides is 1. The van der Waals surface area contributed by atoms with Gasteiger partial charge in [0.2, 0.25) is 0 Å². The Morgan fingerprint density at radius 2 is 1.92 bits per heavy atom. The number of halogens is 4. The average Bonchev–Trinajstić information content (AvgIpc) is 2.50. The highest BCUT2D eigenvalue weighted by Crippen LogP contribution is 2.36. The Hall–Kier alpha value is -2.21. The molecule has 0 heterocycles. The fourth-order valence-electron chi connectivity index (χ4n) is 2.16. The zero-order valence-corrected chi connectivity index (χ0v) is 13.8. The van der Waals surface area contributed by atoms with Crippen LogP contribution in [0.4, 0.5) is 18.9 Å². The molecule has 0 fully saturated rings. The number of carbonyl (C=O) groups excluding carboxylic acids is 1. The summed E-state index contributed by atoms with van der Waals surface area (Å²) in [7, 11) is 0. The molecule has 0 unspecified atom stereocenters. The van der Waals surface area contributed by atoms with E-state index in [-0.39, 0.29) is 16.3 Å². The van der Waals surface area contributed by atoms with Crippen molar-refractivity contribution < 1.29 is 22.7 Å². The van der Waals surface area contributed by atoms with Gasteiger partial charge < -0.3 is 10.1 Å². The number of hydrogen-bond acceptors (Lipinski definition) is 2. The summed E-state index contributed by atoms with van der Waals surface area (Å²) in [6.07, 6.45) is -4.62. The molecule has 0 atom stereocenters. The molecule has 24 heavy (non-hydrogen) atoms. The van der Waals surface area contributed by atoms with Crippen molar-refractivity contribution in [3.63, 3.8) is 0 Å². The van der Waals surface area contributed by atoms with Gasteiger partial charge in [-0.15, -0.1) is 0 Å². The molecule has 0 saturated heterocycles. The lowest BCUT2D eigenvalue weighted by atomic mass is 10.1. The molecule has 0 saturated carbocycles. The van der Waals surface area contributed by atoms with Crippen LogP contribution in [0, 0.1) is 6.92 Å². The molecule has 7 heteroatoms. The molecule has 1 amide bonds. The smallest absolute Gasteiger partial charge is 0.418 e. The van der Waals surface area contributed by atoms with E-state index < -0.39 is 17.6 Å². The van der Waals surface area contributed by atoms with Gasteiger partial charge in [-0.3, -0.25) is 4.79 Å². The third kappa shape index (κ3) is 4.20. The normalized spacial score (nSPS) is 11.2. The van der Waals surface area contributed by atoms with Crippen molar-refractivity contribution in [2.75, 3.05) is 11.9 Å². The lowest BCUT2D eigenvalue weighted by Gasteiger charge is -2.15. The summed E-state index contributed by atoms with van der Waals surface area (Å²) in [5.74, 6) is -0.0227. The molecular formula is C17H15ClF3NO2. The quantitative estimate of drug-likeness (QED) is 0.804. The number of ether oxygens (including phenoxy) is 1. The van der Waals surface area contributed by atoms with Crippen LogP contribution in [0.1, 0.15) is 28.4 Å². The predicted octanol–water partition coefficient (Wildman–Crippen LogP) is 5.32. The number of nitrogens with one attached hydrogen (secondary N) is 1. The average molecular weight is 358 g/mol. The van der Waals surface area contributed by atoms with Crippen molar-refractivity contribution in [3.05, 3.63) is 58.1 Å². The van der Waals surface area contributed by atoms with Crippen LogP contribution in [0.15, 0.2) is 36.4 Å². The Morgan fingerprint density at radius 1 is 1.21 bits per heavy atom. The van der Waals surface area contributed by atoms with Crippen LogP contribution in [0.25, 0.3) is 0 Å². The molecule has 3 nitrogen and oxygen atoms in total. The Labute approximate surface area is 142 Å². The van der Waals surface area contributed by atoms with Gasteiger partial charge in [0, 0.05) is 10.6 Å². The highest BCUT2D eigenvalue weighted by molar-refractivity contribution is 6.30. The molecule has 0 aromatic heterocycles. The molecule has 2 aromatic rings. The van der Waals surface area contributed by atoms with Crippen molar-refractivity contribution in [2.45, 2.75) is 20.0 Å². The van der Waals surface area contributed by atoms with E-state index in [2.05, 4.69) is 5.32 Å². The summed E-state index contributed by atoms with van der Waals surface area (Å²) in [6, 6.07) is 7.86. The van der Waals surface area contributed by atoms with Crippen LogP contribution >= 0.6 is 11.6 Å². The Morgan fingerprint density at radius 3 is 2.50 bits per heavy atom. The highest BCUT2D eigenvalue weighted by Gasteiger charge is 2.34. The number of rotatable bonds is 4. The summed E-state index contributed by atoms with van der Waals surface area (Å²) < 4.78 is 44.5. The Balaban J connectivity index is 2.29. The van der Waals surface area contributed by atoms with Crippen LogP contribution in [0.3, 0.4) is 0 Å². The van der Waals surface area contributed by atoms with Gasteiger partial charge in [0.15, 0.2) is 0 Å². The molecule has 1 N–H and O–H groups in total. The first-order chi connectivity index (χ1) is 11.2. The molecule has 2 rings (SSSR count). The summed E-state index contributed by atoms with van der Waals surface area (Å²) in [6.45, 7) is 4.07. The van der Waals surface area contributed by atoms with E-state index >= 15 is 0 Å². The van der Waals surface area contributed by atoms with Gasteiger partial charge in [-0.1, -0.05) is 11.6 Å². The monoisotopic (exact) mass is 357 g/mol. The molecule has 0 aliphatic heterocycles. The van der Waals surface area contributed by atoms with Gasteiger partial charge in [0.25, 0.3) is 5.91 Å². The highest BCUT2D eigenvalue weighted by atomic mass is 35.5. The topological polar surface area (TPSA) is 38.3 Å². The Bertz CT molecular complexity index is 760. The van der Waals surface area contributed by atoms with E-state index in [4.69, 9.17) is 16.3 Å². The van der Waals surface area contributed by atoms with Gasteiger partial charge in [-0.2, -0.15) is 13.2 Å². The van der Waals surface area contributed by atoms with Crippen molar-refractivity contribution in [1.82, 2.24) is 0 Å². The van der Waals surface area contributed by atoms with Crippen LogP contribution in [0.2, 0.25) is 5.02 Å². The predicted molar refractivity (Wildman–Crippen MR) is 86.8 cm³/mol. The molecular weight excluding hydrogens is 343 g/mol. The van der Waals surface area contributed by atoms with Gasteiger partial charge in [0.1, 0.15) is 5.75 Å². The summed E-state index contributed by atoms with van der Waals surface area (Å²) in [4.78, 5) is 12.2. The van der Waals surface area contributed by atoms with Gasteiger partial charge in [0.05, 0.1) is 17.9 Å². The summed E-state index contributed by atoms with van der Waals surface area (Å²) in [5, 5.41) is 2.22. The second-order valence-corrected chi connectivity index (χ2v) is 5.49. The maximum Gasteiger partial charge on any atom is 0.418 e. The van der Waals surface area contributed by atoms with Gasteiger partial charge in [-0.25, -0.2) is 0 Å². The maximum atomic E-state index is 13.1. The van der Waals surface area contributed by atoms with E-state index in [0.717, 1.165) is 17.7 Å². The molecule has 2 aromatic carbocycles. The standard InChI is InChI=1S/C17H15ClF3NO2/c1-3-24-15-7-4-11(8-10(15)2)16(23)22-14-6-5-12(18)9-13(14)17(19,20)21/h4-9H,3H2,1-2H3,(H,22,23). The lowest BCUT2D eigenvalue weighted by molar-refractivity contribution is -0.136. The summed E-state index contributed by atoms with van der Waals surface area (Å²) in [5.41, 5.74) is -0.384. The number of benzene rings is 2. The van der Waals surface area contributed by atoms with E-state index in [0.29, 0.717) is 12.4 Å². The third-order valence-corrected chi connectivity index (χ3v) is 3.51. The van der Waals surface area contributed by atoms with Crippen LogP contribution < -0.4 is 10.1 Å². The van der Waals surface area contributed by atoms with Crippen LogP contribution in [-0.4, -0.2) is 12.5 Å². The number of aryl methyl sites for hydroxylation is 1. The first kappa shape index (κ1) is 18.1. The fourth-order valence-corrected chi connectivity index (χ4v) is 2.33. The van der Waals surface area contributed by atoms with E-state index in [9.17, 15) is 18.0 Å². The van der Waals surface area contributed by atoms with Crippen LogP contribution in [-0.2, 0) is 6.18 Å². The minimum Gasteiger partial charge on any atom is -0.494 e. The fraction of sp³-hybridized carbons (Fsp3) is 0.235. The maximum absolute atomic E-state index is 13.1. The number of hydrogen-bond donors (Lipinski definition) is 1. The lowest BCUT2D eigenvalue weighted by Crippen LogP contribution is -2.17. The minimum atomic E-state index is -4.62. The van der Waals surface area contributed by atoms with E-state index in [1.54, 1.807) is 19.1 Å². The second-order valence-electron chi connectivity index (χ2n) is 5.06. The molecule has 128 valence electrons. The van der Waals surface area contributed by atoms with Crippen molar-refractivity contribution in [1.29, 1.82) is 0 Å². The first-order valence-corrected chi connectivity index (χ1v) is 7.51. The van der Waals surface area contributed by atoms with Gasteiger partial charge in [-0.05, 0) is 55.8 Å².